The van der Waals surface area contributed by atoms with Crippen molar-refractivity contribution in [2.24, 2.45) is 11.8 Å². The number of carbonyl (C=O) groups is 1. The number of amides is 1. The van der Waals surface area contributed by atoms with Crippen molar-refractivity contribution in [3.05, 3.63) is 48.0 Å². The molecule has 0 aromatic heterocycles. The number of nitrogens with zero attached hydrogens (tertiary/aromatic N) is 2. The second-order valence-corrected chi connectivity index (χ2v) is 7.06. The van der Waals surface area contributed by atoms with Crippen molar-refractivity contribution < 1.29 is 4.79 Å². The summed E-state index contributed by atoms with van der Waals surface area (Å²) >= 11 is 0. The molecule has 0 radical (unpaired) electrons. The van der Waals surface area contributed by atoms with E-state index in [1.54, 1.807) is 0 Å². The van der Waals surface area contributed by atoms with Crippen molar-refractivity contribution in [3.63, 3.8) is 0 Å². The SMILES string of the molecule is C[C@@H]1C[C@@H]1C(=O)N1CCN(Cc2cccc3ccccc23)CC1. The van der Waals surface area contributed by atoms with Gasteiger partial charge in [-0.3, -0.25) is 9.69 Å². The van der Waals surface area contributed by atoms with Gasteiger partial charge >= 0.3 is 0 Å². The Hall–Kier alpha value is -1.87. The van der Waals surface area contributed by atoms with Gasteiger partial charge in [0.2, 0.25) is 5.91 Å². The van der Waals surface area contributed by atoms with Gasteiger partial charge in [0.1, 0.15) is 0 Å². The average molecular weight is 308 g/mol. The van der Waals surface area contributed by atoms with E-state index in [0.29, 0.717) is 17.7 Å². The van der Waals surface area contributed by atoms with E-state index in [2.05, 4.69) is 59.2 Å². The maximum Gasteiger partial charge on any atom is 0.226 e. The van der Waals surface area contributed by atoms with Crippen LogP contribution in [0.25, 0.3) is 10.8 Å². The largest absolute Gasteiger partial charge is 0.340 e. The van der Waals surface area contributed by atoms with E-state index < -0.39 is 0 Å². The number of fused-ring (bicyclic) bond motifs is 1. The molecule has 4 rings (SSSR count). The van der Waals surface area contributed by atoms with Gasteiger partial charge in [0, 0.05) is 38.6 Å². The Labute approximate surface area is 137 Å². The maximum absolute atomic E-state index is 12.3. The number of hydrogen-bond acceptors (Lipinski definition) is 2. The van der Waals surface area contributed by atoms with Gasteiger partial charge < -0.3 is 4.90 Å². The van der Waals surface area contributed by atoms with Crippen LogP contribution in [0.4, 0.5) is 0 Å². The molecule has 3 nitrogen and oxygen atoms in total. The van der Waals surface area contributed by atoms with Crippen molar-refractivity contribution in [3.8, 4) is 0 Å². The van der Waals surface area contributed by atoms with E-state index in [9.17, 15) is 4.79 Å². The van der Waals surface area contributed by atoms with E-state index >= 15 is 0 Å². The van der Waals surface area contributed by atoms with Crippen molar-refractivity contribution >= 4 is 16.7 Å². The Bertz CT molecular complexity index is 713. The fourth-order valence-corrected chi connectivity index (χ4v) is 3.70. The molecule has 1 saturated heterocycles. The lowest BCUT2D eigenvalue weighted by atomic mass is 10.0. The fraction of sp³-hybridized carbons (Fsp3) is 0.450. The monoisotopic (exact) mass is 308 g/mol. The predicted molar refractivity (Wildman–Crippen MR) is 93.1 cm³/mol. The zero-order valence-electron chi connectivity index (χ0n) is 13.7. The third-order valence-corrected chi connectivity index (χ3v) is 5.38. The first-order valence-corrected chi connectivity index (χ1v) is 8.70. The highest BCUT2D eigenvalue weighted by molar-refractivity contribution is 5.85. The molecule has 0 spiro atoms. The minimum atomic E-state index is 0.319. The van der Waals surface area contributed by atoms with E-state index in [-0.39, 0.29) is 0 Å². The molecule has 1 amide bonds. The molecule has 0 N–H and O–H groups in total. The summed E-state index contributed by atoms with van der Waals surface area (Å²) in [6.45, 7) is 6.88. The first-order valence-electron chi connectivity index (χ1n) is 8.70. The first kappa shape index (κ1) is 14.7. The Morgan fingerprint density at radius 1 is 1.04 bits per heavy atom. The molecule has 2 atom stereocenters. The standard InChI is InChI=1S/C20H24N2O/c1-15-13-19(15)20(23)22-11-9-21(10-12-22)14-17-7-4-6-16-5-2-3-8-18(16)17/h2-8,15,19H,9-14H2,1H3/t15-,19+/m1/s1. The molecule has 0 unspecified atom stereocenters. The summed E-state index contributed by atoms with van der Waals surface area (Å²) in [5.74, 6) is 1.32. The van der Waals surface area contributed by atoms with Gasteiger partial charge in [0.15, 0.2) is 0 Å². The highest BCUT2D eigenvalue weighted by Crippen LogP contribution is 2.39. The second-order valence-electron chi connectivity index (χ2n) is 7.06. The van der Waals surface area contributed by atoms with Gasteiger partial charge in [-0.05, 0) is 28.7 Å². The molecule has 1 saturated carbocycles. The van der Waals surface area contributed by atoms with Crippen LogP contribution in [0.15, 0.2) is 42.5 Å². The summed E-state index contributed by atoms with van der Waals surface area (Å²) in [7, 11) is 0. The summed E-state index contributed by atoms with van der Waals surface area (Å²) in [6, 6.07) is 15.1. The van der Waals surface area contributed by atoms with E-state index in [1.807, 2.05) is 0 Å². The Balaban J connectivity index is 1.40. The minimum Gasteiger partial charge on any atom is -0.340 e. The molecule has 1 heterocycles. The van der Waals surface area contributed by atoms with Crippen LogP contribution in [-0.2, 0) is 11.3 Å². The first-order chi connectivity index (χ1) is 11.2. The molecule has 2 aliphatic rings. The zero-order valence-corrected chi connectivity index (χ0v) is 13.7. The molecule has 2 fully saturated rings. The van der Waals surface area contributed by atoms with Crippen LogP contribution in [0.5, 0.6) is 0 Å². The quantitative estimate of drug-likeness (QED) is 0.869. The third-order valence-electron chi connectivity index (χ3n) is 5.38. The van der Waals surface area contributed by atoms with E-state index in [4.69, 9.17) is 0 Å². The maximum atomic E-state index is 12.3. The highest BCUT2D eigenvalue weighted by atomic mass is 16.2. The lowest BCUT2D eigenvalue weighted by Crippen LogP contribution is -2.48. The molecule has 1 aliphatic carbocycles. The van der Waals surface area contributed by atoms with Crippen LogP contribution in [-0.4, -0.2) is 41.9 Å². The highest BCUT2D eigenvalue weighted by Gasteiger charge is 2.41. The molecule has 23 heavy (non-hydrogen) atoms. The number of hydrogen-bond donors (Lipinski definition) is 0. The molecule has 120 valence electrons. The smallest absolute Gasteiger partial charge is 0.226 e. The summed E-state index contributed by atoms with van der Waals surface area (Å²) in [5, 5.41) is 2.65. The van der Waals surface area contributed by atoms with Crippen molar-refractivity contribution in [2.75, 3.05) is 26.2 Å². The van der Waals surface area contributed by atoms with Crippen LogP contribution in [0.2, 0.25) is 0 Å². The second kappa shape index (κ2) is 5.97. The Kier molecular flexibility index (Phi) is 3.82. The summed E-state index contributed by atoms with van der Waals surface area (Å²) in [4.78, 5) is 16.9. The van der Waals surface area contributed by atoms with Crippen LogP contribution in [0.3, 0.4) is 0 Å². The molecule has 0 bridgehead atoms. The van der Waals surface area contributed by atoms with E-state index in [1.165, 1.54) is 16.3 Å². The van der Waals surface area contributed by atoms with Gasteiger partial charge in [0.25, 0.3) is 0 Å². The fourth-order valence-electron chi connectivity index (χ4n) is 3.70. The summed E-state index contributed by atoms with van der Waals surface area (Å²) < 4.78 is 0. The molecule has 1 aliphatic heterocycles. The molecular weight excluding hydrogens is 284 g/mol. The van der Waals surface area contributed by atoms with Crippen LogP contribution in [0, 0.1) is 11.8 Å². The molecule has 2 aromatic rings. The third kappa shape index (κ3) is 2.98. The molecular formula is C20H24N2O. The number of rotatable bonds is 3. The number of carbonyl (C=O) groups excluding carboxylic acids is 1. The topological polar surface area (TPSA) is 23.6 Å². The summed E-state index contributed by atoms with van der Waals surface area (Å²) in [6.07, 6.45) is 1.09. The molecule has 3 heteroatoms. The Morgan fingerprint density at radius 2 is 1.74 bits per heavy atom. The lowest BCUT2D eigenvalue weighted by Gasteiger charge is -2.35. The van der Waals surface area contributed by atoms with Gasteiger partial charge in [-0.2, -0.15) is 0 Å². The average Bonchev–Trinajstić information content (AvgIpc) is 3.32. The predicted octanol–water partition coefficient (Wildman–Crippen LogP) is 3.14. The summed E-state index contributed by atoms with van der Waals surface area (Å²) in [5.41, 5.74) is 1.39. The van der Waals surface area contributed by atoms with Crippen LogP contribution in [0.1, 0.15) is 18.9 Å². The number of benzene rings is 2. The van der Waals surface area contributed by atoms with Crippen molar-refractivity contribution in [1.29, 1.82) is 0 Å². The van der Waals surface area contributed by atoms with Crippen molar-refractivity contribution in [2.45, 2.75) is 19.9 Å². The lowest BCUT2D eigenvalue weighted by molar-refractivity contribution is -0.134. The van der Waals surface area contributed by atoms with Gasteiger partial charge in [-0.15, -0.1) is 0 Å². The van der Waals surface area contributed by atoms with Gasteiger partial charge in [-0.1, -0.05) is 49.4 Å². The zero-order chi connectivity index (χ0) is 15.8. The van der Waals surface area contributed by atoms with Crippen molar-refractivity contribution in [1.82, 2.24) is 9.80 Å². The van der Waals surface area contributed by atoms with Crippen LogP contribution >= 0.6 is 0 Å². The minimum absolute atomic E-state index is 0.319. The molecule has 2 aromatic carbocycles. The van der Waals surface area contributed by atoms with Gasteiger partial charge in [0.05, 0.1) is 0 Å². The number of piperazine rings is 1. The van der Waals surface area contributed by atoms with Gasteiger partial charge in [-0.25, -0.2) is 0 Å². The Morgan fingerprint density at radius 3 is 2.48 bits per heavy atom. The van der Waals surface area contributed by atoms with E-state index in [0.717, 1.165) is 39.1 Å². The van der Waals surface area contributed by atoms with Crippen LogP contribution < -0.4 is 0 Å². The normalized spacial score (nSPS) is 24.8.